The number of hydrogen-bond donors (Lipinski definition) is 0. The van der Waals surface area contributed by atoms with Crippen LogP contribution in [0.2, 0.25) is 0 Å². The number of carbonyl (C=O) groups is 2. The van der Waals surface area contributed by atoms with E-state index >= 15 is 0 Å². The van der Waals surface area contributed by atoms with Crippen LogP contribution in [-0.4, -0.2) is 23.6 Å². The van der Waals surface area contributed by atoms with E-state index in [4.69, 9.17) is 9.47 Å². The molecule has 0 saturated carbocycles. The number of hydrogen-bond acceptors (Lipinski definition) is 5. The Labute approximate surface area is 131 Å². The highest BCUT2D eigenvalue weighted by Crippen LogP contribution is 2.25. The third-order valence-corrected chi connectivity index (χ3v) is 3.32. The molecule has 0 bridgehead atoms. The van der Waals surface area contributed by atoms with Crippen LogP contribution < -0.4 is 9.84 Å². The predicted molar refractivity (Wildman–Crippen MR) is 80.4 cm³/mol. The fourth-order valence-electron chi connectivity index (χ4n) is 1.88. The van der Waals surface area contributed by atoms with Gasteiger partial charge in [-0.1, -0.05) is 19.1 Å². The Bertz CT molecular complexity index is 548. The maximum atomic E-state index is 12.3. The minimum atomic E-state index is -1.24. The van der Waals surface area contributed by atoms with E-state index in [1.807, 2.05) is 32.0 Å². The first-order valence-corrected chi connectivity index (χ1v) is 7.33. The third-order valence-electron chi connectivity index (χ3n) is 3.32. The van der Waals surface area contributed by atoms with Crippen molar-refractivity contribution in [2.24, 2.45) is 0 Å². The van der Waals surface area contributed by atoms with E-state index in [1.165, 1.54) is 0 Å². The maximum absolute atomic E-state index is 12.3. The minimum Gasteiger partial charge on any atom is -0.550 e. The lowest BCUT2D eigenvalue weighted by Gasteiger charge is -2.28. The zero-order valence-electron chi connectivity index (χ0n) is 13.8. The van der Waals surface area contributed by atoms with Crippen LogP contribution in [0.1, 0.15) is 44.7 Å². The second-order valence-electron chi connectivity index (χ2n) is 5.89. The summed E-state index contributed by atoms with van der Waals surface area (Å²) >= 11 is 0. The monoisotopic (exact) mass is 307 g/mol. The van der Waals surface area contributed by atoms with Gasteiger partial charge in [-0.05, 0) is 51.3 Å². The van der Waals surface area contributed by atoms with Gasteiger partial charge < -0.3 is 19.4 Å². The molecule has 0 spiro atoms. The first-order chi connectivity index (χ1) is 10.2. The molecule has 1 atom stereocenters. The maximum Gasteiger partial charge on any atom is 0.350 e. The van der Waals surface area contributed by atoms with Crippen LogP contribution in [-0.2, 0) is 14.3 Å². The average molecular weight is 307 g/mol. The molecule has 1 unspecified atom stereocenters. The van der Waals surface area contributed by atoms with Gasteiger partial charge in [0.25, 0.3) is 0 Å². The molecule has 0 aliphatic rings. The molecule has 0 heterocycles. The van der Waals surface area contributed by atoms with E-state index in [0.29, 0.717) is 12.2 Å². The van der Waals surface area contributed by atoms with E-state index in [2.05, 4.69) is 0 Å². The Balaban J connectivity index is 2.81. The quantitative estimate of drug-likeness (QED) is 0.719. The smallest absolute Gasteiger partial charge is 0.350 e. The van der Waals surface area contributed by atoms with E-state index in [1.54, 1.807) is 20.8 Å². The highest BCUT2D eigenvalue weighted by atomic mass is 16.6. The summed E-state index contributed by atoms with van der Waals surface area (Å²) in [6.45, 7) is 8.77. The van der Waals surface area contributed by atoms with Crippen molar-refractivity contribution in [3.63, 3.8) is 0 Å². The zero-order chi connectivity index (χ0) is 16.9. The van der Waals surface area contributed by atoms with Gasteiger partial charge in [-0.3, -0.25) is 0 Å². The summed E-state index contributed by atoms with van der Waals surface area (Å²) in [5, 5.41) is 10.6. The molecule has 1 aromatic carbocycles. The van der Waals surface area contributed by atoms with Crippen molar-refractivity contribution in [1.82, 2.24) is 0 Å². The highest BCUT2D eigenvalue weighted by Gasteiger charge is 2.34. The molecule has 22 heavy (non-hydrogen) atoms. The predicted octanol–water partition coefficient (Wildman–Crippen LogP) is 1.92. The molecule has 0 fully saturated rings. The molecule has 122 valence electrons. The first kappa shape index (κ1) is 18.0. The summed E-state index contributed by atoms with van der Waals surface area (Å²) in [7, 11) is 0. The number of aryl methyl sites for hydroxylation is 2. The first-order valence-electron chi connectivity index (χ1n) is 7.33. The summed E-state index contributed by atoms with van der Waals surface area (Å²) < 4.78 is 11.0. The second-order valence-corrected chi connectivity index (χ2v) is 5.89. The van der Waals surface area contributed by atoms with Crippen molar-refractivity contribution >= 4 is 11.9 Å². The van der Waals surface area contributed by atoms with Crippen LogP contribution >= 0.6 is 0 Å². The SMILES string of the molecule is CCC(CC(=O)[O-])OC(=O)C(C)(C)Oc1cc(C)ccc1C. The van der Waals surface area contributed by atoms with Crippen LogP contribution in [0.4, 0.5) is 0 Å². The summed E-state index contributed by atoms with van der Waals surface area (Å²) in [5.74, 6) is -1.23. The fraction of sp³-hybridized carbons (Fsp3) is 0.529. The van der Waals surface area contributed by atoms with Crippen LogP contribution in [0.15, 0.2) is 18.2 Å². The van der Waals surface area contributed by atoms with Crippen LogP contribution in [0.5, 0.6) is 5.75 Å². The van der Waals surface area contributed by atoms with Gasteiger partial charge >= 0.3 is 5.97 Å². The van der Waals surface area contributed by atoms with Gasteiger partial charge in [0, 0.05) is 12.4 Å². The van der Waals surface area contributed by atoms with Crippen molar-refractivity contribution in [2.45, 2.75) is 59.2 Å². The van der Waals surface area contributed by atoms with Crippen molar-refractivity contribution in [2.75, 3.05) is 0 Å². The number of ether oxygens (including phenoxy) is 2. The largest absolute Gasteiger partial charge is 0.550 e. The number of carboxylic acid groups (broad SMARTS) is 1. The average Bonchev–Trinajstić information content (AvgIpc) is 2.41. The number of aliphatic carboxylic acids is 1. The molecule has 0 radical (unpaired) electrons. The van der Waals surface area contributed by atoms with Crippen molar-refractivity contribution in [3.05, 3.63) is 29.3 Å². The number of esters is 1. The Hall–Kier alpha value is -2.04. The summed E-state index contributed by atoms with van der Waals surface area (Å²) in [5.41, 5.74) is 0.721. The summed E-state index contributed by atoms with van der Waals surface area (Å²) in [6.07, 6.45) is -0.625. The van der Waals surface area contributed by atoms with Crippen molar-refractivity contribution in [3.8, 4) is 5.75 Å². The van der Waals surface area contributed by atoms with Gasteiger partial charge in [0.1, 0.15) is 11.9 Å². The Kier molecular flexibility index (Phi) is 5.97. The molecule has 0 aliphatic carbocycles. The second kappa shape index (κ2) is 7.29. The van der Waals surface area contributed by atoms with Crippen LogP contribution in [0.25, 0.3) is 0 Å². The summed E-state index contributed by atoms with van der Waals surface area (Å²) in [4.78, 5) is 22.9. The molecule has 0 N–H and O–H groups in total. The molecule has 0 aliphatic heterocycles. The number of rotatable bonds is 7. The van der Waals surface area contributed by atoms with Gasteiger partial charge in [-0.2, -0.15) is 0 Å². The molecular formula is C17H23O5-. The molecular weight excluding hydrogens is 284 g/mol. The zero-order valence-corrected chi connectivity index (χ0v) is 13.8. The lowest BCUT2D eigenvalue weighted by molar-refractivity contribution is -0.307. The number of benzene rings is 1. The van der Waals surface area contributed by atoms with Crippen molar-refractivity contribution in [1.29, 1.82) is 0 Å². The van der Waals surface area contributed by atoms with E-state index < -0.39 is 23.6 Å². The molecule has 5 heteroatoms. The summed E-state index contributed by atoms with van der Waals surface area (Å²) in [6, 6.07) is 5.72. The standard InChI is InChI=1S/C17H24O5/c1-6-13(10-15(18)19)21-16(20)17(4,5)22-14-9-11(2)7-8-12(14)3/h7-9,13H,6,10H2,1-5H3,(H,18,19)/p-1. The molecule has 1 rings (SSSR count). The number of carboxylic acids is 1. The molecule has 0 amide bonds. The Morgan fingerprint density at radius 1 is 1.27 bits per heavy atom. The minimum absolute atomic E-state index is 0.318. The lowest BCUT2D eigenvalue weighted by atomic mass is 10.1. The number of carbonyl (C=O) groups excluding carboxylic acids is 2. The van der Waals surface area contributed by atoms with Gasteiger partial charge in [0.2, 0.25) is 0 Å². The third kappa shape index (κ3) is 5.06. The van der Waals surface area contributed by atoms with Gasteiger partial charge in [-0.25, -0.2) is 4.79 Å². The Morgan fingerprint density at radius 3 is 2.45 bits per heavy atom. The van der Waals surface area contributed by atoms with Gasteiger partial charge in [0.05, 0.1) is 0 Å². The topological polar surface area (TPSA) is 75.7 Å². The van der Waals surface area contributed by atoms with Gasteiger partial charge in [-0.15, -0.1) is 0 Å². The fourth-order valence-corrected chi connectivity index (χ4v) is 1.88. The normalized spacial score (nSPS) is 12.6. The highest BCUT2D eigenvalue weighted by molar-refractivity contribution is 5.79. The van der Waals surface area contributed by atoms with Crippen LogP contribution in [0.3, 0.4) is 0 Å². The van der Waals surface area contributed by atoms with E-state index in [0.717, 1.165) is 11.1 Å². The molecule has 1 aromatic rings. The van der Waals surface area contributed by atoms with Crippen molar-refractivity contribution < 1.29 is 24.2 Å². The van der Waals surface area contributed by atoms with Gasteiger partial charge in [0.15, 0.2) is 5.60 Å². The van der Waals surface area contributed by atoms with E-state index in [-0.39, 0.29) is 6.42 Å². The molecule has 0 aromatic heterocycles. The lowest BCUT2D eigenvalue weighted by Crippen LogP contribution is -2.42. The van der Waals surface area contributed by atoms with E-state index in [9.17, 15) is 14.7 Å². The van der Waals surface area contributed by atoms with Crippen LogP contribution in [0, 0.1) is 13.8 Å². The molecule has 5 nitrogen and oxygen atoms in total. The Morgan fingerprint density at radius 2 is 1.91 bits per heavy atom. The molecule has 0 saturated heterocycles.